The molecule has 0 N–H and O–H groups in total. The first kappa shape index (κ1) is 10.2. The van der Waals surface area contributed by atoms with Crippen molar-refractivity contribution in [3.05, 3.63) is 64.5 Å². The number of nitrogens with zero attached hydrogens (tertiary/aromatic N) is 1. The van der Waals surface area contributed by atoms with E-state index in [4.69, 9.17) is 0 Å². The van der Waals surface area contributed by atoms with Crippen molar-refractivity contribution < 1.29 is 4.79 Å². The van der Waals surface area contributed by atoms with Crippen molar-refractivity contribution in [1.29, 1.82) is 0 Å². The van der Waals surface area contributed by atoms with Crippen molar-refractivity contribution in [3.63, 3.8) is 0 Å². The van der Waals surface area contributed by atoms with Crippen LogP contribution in [0.25, 0.3) is 10.9 Å². The van der Waals surface area contributed by atoms with Gasteiger partial charge in [-0.2, -0.15) is 0 Å². The van der Waals surface area contributed by atoms with Gasteiger partial charge >= 0.3 is 0 Å². The van der Waals surface area contributed by atoms with E-state index in [1.807, 2.05) is 47.8 Å². The van der Waals surface area contributed by atoms with E-state index >= 15 is 0 Å². The summed E-state index contributed by atoms with van der Waals surface area (Å²) < 4.78 is 0. The molecule has 1 aromatic carbocycles. The fraction of sp³-hybridized carbons (Fsp3) is 0. The predicted molar refractivity (Wildman–Crippen MR) is 69.5 cm³/mol. The average molecular weight is 239 g/mol. The molecule has 3 aromatic rings. The van der Waals surface area contributed by atoms with E-state index in [0.29, 0.717) is 5.56 Å². The molecule has 0 saturated carbocycles. The second kappa shape index (κ2) is 4.11. The maximum Gasteiger partial charge on any atom is 0.204 e. The fourth-order valence-corrected chi connectivity index (χ4v) is 2.43. The van der Waals surface area contributed by atoms with Crippen molar-refractivity contribution in [3.8, 4) is 0 Å². The summed E-state index contributed by atoms with van der Waals surface area (Å²) in [7, 11) is 0. The quantitative estimate of drug-likeness (QED) is 0.640. The first-order valence-electron chi connectivity index (χ1n) is 5.27. The Bertz CT molecular complexity index is 674. The molecule has 3 heteroatoms. The largest absolute Gasteiger partial charge is 0.288 e. The van der Waals surface area contributed by atoms with Gasteiger partial charge in [0.05, 0.1) is 10.4 Å². The number of rotatable bonds is 2. The number of ketones is 1. The molecule has 0 bridgehead atoms. The van der Waals surface area contributed by atoms with Crippen LogP contribution in [0.1, 0.15) is 15.2 Å². The molecule has 0 aliphatic heterocycles. The summed E-state index contributed by atoms with van der Waals surface area (Å²) in [5.41, 5.74) is 1.56. The number of aromatic nitrogens is 1. The first-order chi connectivity index (χ1) is 8.34. The number of thiophene rings is 1. The lowest BCUT2D eigenvalue weighted by Crippen LogP contribution is -1.99. The Morgan fingerprint density at radius 2 is 2.00 bits per heavy atom. The highest BCUT2D eigenvalue weighted by Gasteiger charge is 2.10. The minimum absolute atomic E-state index is 0.0400. The lowest BCUT2D eigenvalue weighted by molar-refractivity contribution is 0.104. The Balaban J connectivity index is 2.09. The minimum atomic E-state index is 0.0400. The Kier molecular flexibility index (Phi) is 2.46. The van der Waals surface area contributed by atoms with Crippen molar-refractivity contribution in [2.75, 3.05) is 0 Å². The summed E-state index contributed by atoms with van der Waals surface area (Å²) in [4.78, 5) is 17.2. The normalized spacial score (nSPS) is 10.6. The van der Waals surface area contributed by atoms with Gasteiger partial charge in [0.25, 0.3) is 0 Å². The molecule has 0 saturated heterocycles. The molecule has 0 atom stereocenters. The molecule has 0 aliphatic rings. The molecule has 0 aliphatic carbocycles. The lowest BCUT2D eigenvalue weighted by atomic mass is 10.1. The highest BCUT2D eigenvalue weighted by molar-refractivity contribution is 7.12. The van der Waals surface area contributed by atoms with Crippen molar-refractivity contribution in [2.45, 2.75) is 0 Å². The van der Waals surface area contributed by atoms with Crippen LogP contribution in [0.5, 0.6) is 0 Å². The zero-order chi connectivity index (χ0) is 11.7. The summed E-state index contributed by atoms with van der Waals surface area (Å²) >= 11 is 1.45. The van der Waals surface area contributed by atoms with Gasteiger partial charge in [-0.25, -0.2) is 0 Å². The molecular weight excluding hydrogens is 230 g/mol. The smallest absolute Gasteiger partial charge is 0.204 e. The van der Waals surface area contributed by atoms with Gasteiger partial charge in [0.1, 0.15) is 0 Å². The number of hydrogen-bond donors (Lipinski definition) is 0. The summed E-state index contributed by atoms with van der Waals surface area (Å²) in [6, 6.07) is 13.4. The first-order valence-corrected chi connectivity index (χ1v) is 6.15. The number of fused-ring (bicyclic) bond motifs is 1. The third kappa shape index (κ3) is 1.85. The van der Waals surface area contributed by atoms with E-state index in [1.54, 1.807) is 6.20 Å². The summed E-state index contributed by atoms with van der Waals surface area (Å²) in [5, 5.41) is 2.90. The average Bonchev–Trinajstić information content (AvgIpc) is 2.91. The third-order valence-electron chi connectivity index (χ3n) is 2.60. The molecule has 0 amide bonds. The monoisotopic (exact) mass is 239 g/mol. The van der Waals surface area contributed by atoms with E-state index in [2.05, 4.69) is 4.98 Å². The van der Waals surface area contributed by atoms with Crippen LogP contribution in [0.2, 0.25) is 0 Å². The summed E-state index contributed by atoms with van der Waals surface area (Å²) in [6.45, 7) is 0. The molecule has 0 fully saturated rings. The van der Waals surface area contributed by atoms with E-state index < -0.39 is 0 Å². The van der Waals surface area contributed by atoms with Crippen LogP contribution in [0.15, 0.2) is 54.0 Å². The van der Waals surface area contributed by atoms with Crippen molar-refractivity contribution in [2.24, 2.45) is 0 Å². The maximum atomic E-state index is 12.1. The van der Waals surface area contributed by atoms with Crippen LogP contribution in [0.4, 0.5) is 0 Å². The van der Waals surface area contributed by atoms with Crippen molar-refractivity contribution in [1.82, 2.24) is 4.98 Å². The standard InChI is InChI=1S/C14H9NOS/c16-14(13-6-3-7-17-13)11-8-10-4-1-2-5-12(10)15-9-11/h1-9H. The van der Waals surface area contributed by atoms with Gasteiger partial charge in [-0.1, -0.05) is 24.3 Å². The number of carbonyl (C=O) groups excluding carboxylic acids is 1. The second-order valence-corrected chi connectivity index (χ2v) is 4.67. The topological polar surface area (TPSA) is 30.0 Å². The zero-order valence-corrected chi connectivity index (χ0v) is 9.78. The van der Waals surface area contributed by atoms with Gasteiger partial charge in [-0.05, 0) is 23.6 Å². The van der Waals surface area contributed by atoms with Gasteiger partial charge < -0.3 is 0 Å². The number of pyridine rings is 1. The van der Waals surface area contributed by atoms with Crippen LogP contribution in [0, 0.1) is 0 Å². The molecule has 0 spiro atoms. The zero-order valence-electron chi connectivity index (χ0n) is 8.96. The van der Waals surface area contributed by atoms with Crippen LogP contribution in [-0.4, -0.2) is 10.8 Å². The predicted octanol–water partition coefficient (Wildman–Crippen LogP) is 3.53. The maximum absolute atomic E-state index is 12.1. The lowest BCUT2D eigenvalue weighted by Gasteiger charge is -2.00. The Labute approximate surface area is 103 Å². The van der Waals surface area contributed by atoms with Gasteiger partial charge in [0.2, 0.25) is 5.78 Å². The second-order valence-electron chi connectivity index (χ2n) is 3.72. The molecule has 0 unspecified atom stereocenters. The highest BCUT2D eigenvalue weighted by Crippen LogP contribution is 2.18. The summed E-state index contributed by atoms with van der Waals surface area (Å²) in [6.07, 6.45) is 1.64. The fourth-order valence-electron chi connectivity index (χ4n) is 1.75. The van der Waals surface area contributed by atoms with Crippen LogP contribution in [-0.2, 0) is 0 Å². The Morgan fingerprint density at radius 3 is 2.82 bits per heavy atom. The van der Waals surface area contributed by atoms with E-state index in [9.17, 15) is 4.79 Å². The van der Waals surface area contributed by atoms with Crippen LogP contribution in [0.3, 0.4) is 0 Å². The van der Waals surface area contributed by atoms with E-state index in [-0.39, 0.29) is 5.78 Å². The molecule has 2 aromatic heterocycles. The Morgan fingerprint density at radius 1 is 1.12 bits per heavy atom. The van der Waals surface area contributed by atoms with Crippen LogP contribution < -0.4 is 0 Å². The van der Waals surface area contributed by atoms with E-state index in [1.165, 1.54) is 11.3 Å². The number of carbonyl (C=O) groups is 1. The van der Waals surface area contributed by atoms with Gasteiger partial charge in [0, 0.05) is 17.1 Å². The number of para-hydroxylation sites is 1. The van der Waals surface area contributed by atoms with Gasteiger partial charge in [0.15, 0.2) is 0 Å². The van der Waals surface area contributed by atoms with Crippen molar-refractivity contribution >= 4 is 28.0 Å². The van der Waals surface area contributed by atoms with Gasteiger partial charge in [-0.15, -0.1) is 11.3 Å². The molecule has 17 heavy (non-hydrogen) atoms. The Hall–Kier alpha value is -2.00. The molecule has 82 valence electrons. The minimum Gasteiger partial charge on any atom is -0.288 e. The highest BCUT2D eigenvalue weighted by atomic mass is 32.1. The molecule has 2 heterocycles. The number of benzene rings is 1. The van der Waals surface area contributed by atoms with Crippen LogP contribution >= 0.6 is 11.3 Å². The summed E-state index contributed by atoms with van der Waals surface area (Å²) in [5.74, 6) is 0.0400. The van der Waals surface area contributed by atoms with Gasteiger partial charge in [-0.3, -0.25) is 9.78 Å². The van der Waals surface area contributed by atoms with E-state index in [0.717, 1.165) is 15.8 Å². The molecule has 0 radical (unpaired) electrons. The molecule has 2 nitrogen and oxygen atoms in total. The SMILES string of the molecule is O=C(c1cnc2ccccc2c1)c1cccs1. The molecule has 3 rings (SSSR count). The molecular formula is C14H9NOS. The third-order valence-corrected chi connectivity index (χ3v) is 3.47. The number of hydrogen-bond acceptors (Lipinski definition) is 3.